The van der Waals surface area contributed by atoms with Crippen molar-refractivity contribution in [3.05, 3.63) is 66.0 Å². The van der Waals surface area contributed by atoms with E-state index in [0.717, 1.165) is 11.4 Å². The predicted molar refractivity (Wildman–Crippen MR) is 98.9 cm³/mol. The molecule has 1 amide bonds. The molecular weight excluding hydrogens is 326 g/mol. The van der Waals surface area contributed by atoms with Gasteiger partial charge in [0.25, 0.3) is 5.91 Å². The van der Waals surface area contributed by atoms with E-state index in [2.05, 4.69) is 37.9 Å². The summed E-state index contributed by atoms with van der Waals surface area (Å²) in [6, 6.07) is 15.4. The van der Waals surface area contributed by atoms with E-state index in [0.29, 0.717) is 22.3 Å². The molecule has 6 heteroatoms. The van der Waals surface area contributed by atoms with Crippen LogP contribution in [0.3, 0.4) is 0 Å². The third-order valence-corrected chi connectivity index (χ3v) is 5.81. The molecule has 5 rings (SSSR count). The molecule has 0 radical (unpaired) electrons. The maximum Gasteiger partial charge on any atom is 0.274 e. The maximum absolute atomic E-state index is 12.5. The van der Waals surface area contributed by atoms with Crippen molar-refractivity contribution in [3.8, 4) is 11.4 Å². The van der Waals surface area contributed by atoms with E-state index in [4.69, 9.17) is 0 Å². The van der Waals surface area contributed by atoms with E-state index in [1.807, 2.05) is 37.4 Å². The van der Waals surface area contributed by atoms with Crippen molar-refractivity contribution in [1.82, 2.24) is 20.5 Å². The number of nitrogens with zero attached hydrogens (tertiary/aromatic N) is 2. The van der Waals surface area contributed by atoms with E-state index in [1.165, 1.54) is 18.4 Å². The third kappa shape index (κ3) is 2.19. The molecule has 2 saturated carbocycles. The van der Waals surface area contributed by atoms with Gasteiger partial charge in [-0.2, -0.15) is 5.10 Å². The summed E-state index contributed by atoms with van der Waals surface area (Å²) in [4.78, 5) is 16.9. The number of aromatic nitrogens is 3. The number of nitrogens with one attached hydrogen (secondary N) is 3. The minimum absolute atomic E-state index is 0.223. The van der Waals surface area contributed by atoms with Crippen LogP contribution in [0.4, 0.5) is 5.69 Å². The molecule has 6 nitrogen and oxygen atoms in total. The van der Waals surface area contributed by atoms with Crippen molar-refractivity contribution < 1.29 is 4.79 Å². The summed E-state index contributed by atoms with van der Waals surface area (Å²) < 4.78 is 0. The summed E-state index contributed by atoms with van der Waals surface area (Å²) in [5.74, 6) is -0.223. The monoisotopic (exact) mass is 345 g/mol. The van der Waals surface area contributed by atoms with Gasteiger partial charge in [0.15, 0.2) is 0 Å². The molecule has 130 valence electrons. The molecule has 0 saturated heterocycles. The average Bonchev–Trinajstić information content (AvgIpc) is 3.38. The maximum atomic E-state index is 12.5. The van der Waals surface area contributed by atoms with Gasteiger partial charge >= 0.3 is 0 Å². The Bertz CT molecular complexity index is 972. The lowest BCUT2D eigenvalue weighted by atomic mass is 10.0. The van der Waals surface area contributed by atoms with Crippen molar-refractivity contribution in [2.45, 2.75) is 23.8 Å². The highest BCUT2D eigenvalue weighted by Gasteiger charge is 2.83. The molecule has 2 heterocycles. The van der Waals surface area contributed by atoms with E-state index in [9.17, 15) is 4.79 Å². The Morgan fingerprint density at radius 3 is 2.58 bits per heavy atom. The molecule has 26 heavy (non-hydrogen) atoms. The molecule has 0 aliphatic heterocycles. The van der Waals surface area contributed by atoms with Gasteiger partial charge in [-0.05, 0) is 55.8 Å². The second-order valence-corrected chi connectivity index (χ2v) is 7.18. The largest absolute Gasteiger partial charge is 0.321 e. The summed E-state index contributed by atoms with van der Waals surface area (Å²) in [5, 5.41) is 13.1. The highest BCUT2D eigenvalue weighted by atomic mass is 16.1. The Hall–Kier alpha value is -2.99. The van der Waals surface area contributed by atoms with Crippen molar-refractivity contribution in [1.29, 1.82) is 0 Å². The lowest BCUT2D eigenvalue weighted by Gasteiger charge is -2.08. The van der Waals surface area contributed by atoms with Crippen LogP contribution in [0.2, 0.25) is 0 Å². The second-order valence-electron chi connectivity index (χ2n) is 7.18. The summed E-state index contributed by atoms with van der Waals surface area (Å²) in [6.45, 7) is 0. The van der Waals surface area contributed by atoms with Crippen LogP contribution >= 0.6 is 0 Å². The van der Waals surface area contributed by atoms with Gasteiger partial charge in [0, 0.05) is 22.8 Å². The van der Waals surface area contributed by atoms with Crippen LogP contribution in [0.5, 0.6) is 0 Å². The Labute approximate surface area is 151 Å². The van der Waals surface area contributed by atoms with Gasteiger partial charge in [0.1, 0.15) is 5.69 Å². The normalized spacial score (nSPS) is 25.4. The smallest absolute Gasteiger partial charge is 0.274 e. The Morgan fingerprint density at radius 2 is 1.92 bits per heavy atom. The number of benzene rings is 1. The zero-order chi connectivity index (χ0) is 17.8. The van der Waals surface area contributed by atoms with Gasteiger partial charge in [-0.25, -0.2) is 4.98 Å². The molecule has 0 spiro atoms. The summed E-state index contributed by atoms with van der Waals surface area (Å²) in [7, 11) is 2.04. The van der Waals surface area contributed by atoms with Crippen molar-refractivity contribution >= 4 is 11.6 Å². The van der Waals surface area contributed by atoms with E-state index < -0.39 is 0 Å². The van der Waals surface area contributed by atoms with Crippen molar-refractivity contribution in [3.63, 3.8) is 0 Å². The van der Waals surface area contributed by atoms with Gasteiger partial charge < -0.3 is 10.6 Å². The molecule has 0 unspecified atom stereocenters. The number of aromatic amines is 1. The quantitative estimate of drug-likeness (QED) is 0.664. The van der Waals surface area contributed by atoms with Crippen LogP contribution in [0.15, 0.2) is 54.7 Å². The van der Waals surface area contributed by atoms with Crippen LogP contribution in [0, 0.1) is 0 Å². The van der Waals surface area contributed by atoms with Crippen LogP contribution in [0.25, 0.3) is 11.4 Å². The van der Waals surface area contributed by atoms with Gasteiger partial charge in [0.2, 0.25) is 0 Å². The minimum atomic E-state index is -0.223. The molecular formula is C20H19N5O. The first-order chi connectivity index (χ1) is 12.7. The first kappa shape index (κ1) is 15.3. The van der Waals surface area contributed by atoms with Crippen molar-refractivity contribution in [2.24, 2.45) is 0 Å². The zero-order valence-corrected chi connectivity index (χ0v) is 14.4. The number of hydrogen-bond acceptors (Lipinski definition) is 4. The van der Waals surface area contributed by atoms with E-state index >= 15 is 0 Å². The zero-order valence-electron chi connectivity index (χ0n) is 14.4. The number of hydrogen-bond donors (Lipinski definition) is 3. The fourth-order valence-electron chi connectivity index (χ4n) is 3.96. The number of carbonyl (C=O) groups excluding carboxylic acids is 1. The van der Waals surface area contributed by atoms with Crippen LogP contribution in [0.1, 0.15) is 28.9 Å². The number of carbonyl (C=O) groups is 1. The third-order valence-electron chi connectivity index (χ3n) is 5.81. The van der Waals surface area contributed by atoms with E-state index in [-0.39, 0.29) is 5.91 Å². The molecule has 2 aliphatic rings. The first-order valence-electron chi connectivity index (χ1n) is 8.73. The molecule has 2 aliphatic carbocycles. The Kier molecular flexibility index (Phi) is 3.09. The molecule has 3 aromatic rings. The predicted octanol–water partition coefficient (Wildman–Crippen LogP) is 2.73. The SMILES string of the molecule is CNC12CC1(c1ccc(NC(=O)c3cccc(-c4ccn[nH]4)n3)cc1)C2. The number of H-pyrrole nitrogens is 1. The average molecular weight is 345 g/mol. The number of amides is 1. The van der Waals surface area contributed by atoms with Crippen LogP contribution in [-0.4, -0.2) is 33.7 Å². The molecule has 2 aromatic heterocycles. The topological polar surface area (TPSA) is 82.7 Å². The van der Waals surface area contributed by atoms with E-state index in [1.54, 1.807) is 12.3 Å². The number of anilines is 1. The summed E-state index contributed by atoms with van der Waals surface area (Å²) in [5.41, 5.74) is 4.66. The lowest BCUT2D eigenvalue weighted by Crippen LogP contribution is -2.16. The Morgan fingerprint density at radius 1 is 1.12 bits per heavy atom. The summed E-state index contributed by atoms with van der Waals surface area (Å²) in [6.07, 6.45) is 4.09. The molecule has 2 fully saturated rings. The van der Waals surface area contributed by atoms with Crippen molar-refractivity contribution in [2.75, 3.05) is 12.4 Å². The number of fused-ring (bicyclic) bond motifs is 1. The fourth-order valence-corrected chi connectivity index (χ4v) is 3.96. The fraction of sp³-hybridized carbons (Fsp3) is 0.250. The lowest BCUT2D eigenvalue weighted by molar-refractivity contribution is 0.102. The summed E-state index contributed by atoms with van der Waals surface area (Å²) >= 11 is 0. The highest BCUT2D eigenvalue weighted by molar-refractivity contribution is 6.03. The van der Waals surface area contributed by atoms with Gasteiger partial charge in [-0.3, -0.25) is 9.89 Å². The number of rotatable bonds is 5. The minimum Gasteiger partial charge on any atom is -0.321 e. The first-order valence-corrected chi connectivity index (χ1v) is 8.73. The highest BCUT2D eigenvalue weighted by Crippen LogP contribution is 2.78. The second kappa shape index (κ2) is 5.25. The van der Waals surface area contributed by atoms with Gasteiger partial charge in [-0.15, -0.1) is 0 Å². The number of pyridine rings is 1. The molecule has 0 bridgehead atoms. The molecule has 1 aromatic carbocycles. The molecule has 3 N–H and O–H groups in total. The Balaban J connectivity index is 1.31. The molecule has 0 atom stereocenters. The van der Waals surface area contributed by atoms with Crippen LogP contribution in [-0.2, 0) is 5.41 Å². The number of likely N-dealkylation sites (N-methyl/N-ethyl adjacent to an activating group) is 1. The standard InChI is InChI=1S/C20H19N5O/c1-21-20-11-19(20,12-20)13-5-7-14(8-6-13)23-18(26)17-4-2-3-15(24-17)16-9-10-22-25-16/h2-10,21H,11-12H2,1H3,(H,22,25)(H,23,26). The van der Waals surface area contributed by atoms with Crippen LogP contribution < -0.4 is 10.6 Å². The van der Waals surface area contributed by atoms with Gasteiger partial charge in [-0.1, -0.05) is 18.2 Å². The van der Waals surface area contributed by atoms with Gasteiger partial charge in [0.05, 0.1) is 11.4 Å².